The van der Waals surface area contributed by atoms with E-state index in [0.717, 1.165) is 24.9 Å². The highest BCUT2D eigenvalue weighted by atomic mass is 16.4. The van der Waals surface area contributed by atoms with Gasteiger partial charge in [-0.05, 0) is 67.1 Å². The van der Waals surface area contributed by atoms with E-state index in [4.69, 9.17) is 5.11 Å². The SMILES string of the molecule is O=C(O)c1ccc(C(=O)Nc2cccc3c2CCCC3)cc1. The second kappa shape index (κ2) is 6.02. The first-order valence-electron chi connectivity index (χ1n) is 7.40. The standard InChI is InChI=1S/C18H17NO3/c20-17(13-8-10-14(11-9-13)18(21)22)19-16-7-3-5-12-4-1-2-6-15(12)16/h3,5,7-11H,1-2,4,6H2,(H,19,20)(H,21,22). The highest BCUT2D eigenvalue weighted by Crippen LogP contribution is 2.28. The van der Waals surface area contributed by atoms with Gasteiger partial charge in [0, 0.05) is 11.3 Å². The lowest BCUT2D eigenvalue weighted by Crippen LogP contribution is -2.15. The summed E-state index contributed by atoms with van der Waals surface area (Å²) >= 11 is 0. The van der Waals surface area contributed by atoms with Crippen LogP contribution in [0.4, 0.5) is 5.69 Å². The van der Waals surface area contributed by atoms with Gasteiger partial charge in [-0.2, -0.15) is 0 Å². The van der Waals surface area contributed by atoms with Crippen molar-refractivity contribution in [1.82, 2.24) is 0 Å². The minimum absolute atomic E-state index is 0.175. The smallest absolute Gasteiger partial charge is 0.335 e. The average molecular weight is 295 g/mol. The molecule has 0 heterocycles. The van der Waals surface area contributed by atoms with Crippen molar-refractivity contribution in [2.45, 2.75) is 25.7 Å². The van der Waals surface area contributed by atoms with Gasteiger partial charge in [-0.25, -0.2) is 4.79 Å². The van der Waals surface area contributed by atoms with Crippen LogP contribution in [-0.2, 0) is 12.8 Å². The molecular formula is C18H17NO3. The highest BCUT2D eigenvalue weighted by Gasteiger charge is 2.15. The molecule has 4 nitrogen and oxygen atoms in total. The Bertz CT molecular complexity index is 720. The maximum atomic E-state index is 12.3. The van der Waals surface area contributed by atoms with Crippen LogP contribution in [0.25, 0.3) is 0 Å². The Morgan fingerprint density at radius 1 is 0.909 bits per heavy atom. The van der Waals surface area contributed by atoms with Crippen LogP contribution < -0.4 is 5.32 Å². The first-order valence-corrected chi connectivity index (χ1v) is 7.40. The molecule has 2 N–H and O–H groups in total. The molecule has 22 heavy (non-hydrogen) atoms. The highest BCUT2D eigenvalue weighted by molar-refractivity contribution is 6.05. The Morgan fingerprint density at radius 2 is 1.59 bits per heavy atom. The zero-order valence-electron chi connectivity index (χ0n) is 12.1. The number of nitrogens with one attached hydrogen (secondary N) is 1. The zero-order valence-corrected chi connectivity index (χ0v) is 12.1. The summed E-state index contributed by atoms with van der Waals surface area (Å²) in [6.07, 6.45) is 4.39. The average Bonchev–Trinajstić information content (AvgIpc) is 2.55. The number of carboxylic acids is 1. The first kappa shape index (κ1) is 14.3. The van der Waals surface area contributed by atoms with Crippen LogP contribution in [-0.4, -0.2) is 17.0 Å². The van der Waals surface area contributed by atoms with E-state index in [9.17, 15) is 9.59 Å². The van der Waals surface area contributed by atoms with Crippen molar-refractivity contribution in [3.05, 3.63) is 64.7 Å². The summed E-state index contributed by atoms with van der Waals surface area (Å²) in [6.45, 7) is 0. The van der Waals surface area contributed by atoms with E-state index < -0.39 is 5.97 Å². The van der Waals surface area contributed by atoms with Crippen LogP contribution in [0, 0.1) is 0 Å². The van der Waals surface area contributed by atoms with Gasteiger partial charge in [0.1, 0.15) is 0 Å². The van der Waals surface area contributed by atoms with Crippen molar-refractivity contribution < 1.29 is 14.7 Å². The van der Waals surface area contributed by atoms with Gasteiger partial charge in [-0.3, -0.25) is 4.79 Å². The van der Waals surface area contributed by atoms with Crippen molar-refractivity contribution >= 4 is 17.6 Å². The lowest BCUT2D eigenvalue weighted by Gasteiger charge is -2.19. The van der Waals surface area contributed by atoms with Crippen molar-refractivity contribution in [2.24, 2.45) is 0 Å². The van der Waals surface area contributed by atoms with Crippen LogP contribution in [0.15, 0.2) is 42.5 Å². The lowest BCUT2D eigenvalue weighted by molar-refractivity contribution is 0.0696. The fourth-order valence-corrected chi connectivity index (χ4v) is 2.86. The summed E-state index contributed by atoms with van der Waals surface area (Å²) in [4.78, 5) is 23.2. The van der Waals surface area contributed by atoms with Crippen molar-refractivity contribution in [3.8, 4) is 0 Å². The summed E-state index contributed by atoms with van der Waals surface area (Å²) in [7, 11) is 0. The van der Waals surface area contributed by atoms with Crippen LogP contribution >= 0.6 is 0 Å². The molecule has 0 bridgehead atoms. The topological polar surface area (TPSA) is 66.4 Å². The molecule has 0 radical (unpaired) electrons. The molecule has 0 atom stereocenters. The van der Waals surface area contributed by atoms with Gasteiger partial charge in [0.25, 0.3) is 5.91 Å². The number of carbonyl (C=O) groups excluding carboxylic acids is 1. The maximum absolute atomic E-state index is 12.3. The molecule has 3 rings (SSSR count). The van der Waals surface area contributed by atoms with Crippen LogP contribution in [0.3, 0.4) is 0 Å². The Labute approximate surface area is 128 Å². The molecule has 0 spiro atoms. The lowest BCUT2D eigenvalue weighted by atomic mass is 9.90. The van der Waals surface area contributed by atoms with Gasteiger partial charge in [0.05, 0.1) is 5.56 Å². The molecule has 0 unspecified atom stereocenters. The monoisotopic (exact) mass is 295 g/mol. The third kappa shape index (κ3) is 2.86. The Balaban J connectivity index is 1.81. The van der Waals surface area contributed by atoms with E-state index in [-0.39, 0.29) is 11.5 Å². The van der Waals surface area contributed by atoms with Crippen molar-refractivity contribution in [3.63, 3.8) is 0 Å². The molecule has 1 aliphatic carbocycles. The van der Waals surface area contributed by atoms with Crippen LogP contribution in [0.5, 0.6) is 0 Å². The Morgan fingerprint density at radius 3 is 2.32 bits per heavy atom. The summed E-state index contributed by atoms with van der Waals surface area (Å²) < 4.78 is 0. The number of fused-ring (bicyclic) bond motifs is 1. The number of benzene rings is 2. The predicted octanol–water partition coefficient (Wildman–Crippen LogP) is 3.52. The van der Waals surface area contributed by atoms with Crippen LogP contribution in [0.1, 0.15) is 44.7 Å². The third-order valence-corrected chi connectivity index (χ3v) is 4.04. The first-order chi connectivity index (χ1) is 10.6. The summed E-state index contributed by atoms with van der Waals surface area (Å²) in [5.74, 6) is -1.21. The fourth-order valence-electron chi connectivity index (χ4n) is 2.86. The number of hydrogen-bond acceptors (Lipinski definition) is 2. The third-order valence-electron chi connectivity index (χ3n) is 4.04. The number of rotatable bonds is 3. The number of aromatic carboxylic acids is 1. The van der Waals surface area contributed by atoms with Gasteiger partial charge in [0.15, 0.2) is 0 Å². The molecule has 2 aromatic carbocycles. The Kier molecular flexibility index (Phi) is 3.92. The van der Waals surface area contributed by atoms with Crippen LogP contribution in [0.2, 0.25) is 0 Å². The van der Waals surface area contributed by atoms with E-state index in [1.807, 2.05) is 12.1 Å². The van der Waals surface area contributed by atoms with Crippen molar-refractivity contribution in [1.29, 1.82) is 0 Å². The minimum atomic E-state index is -0.996. The number of carbonyl (C=O) groups is 2. The van der Waals surface area contributed by atoms with E-state index in [1.54, 1.807) is 0 Å². The summed E-state index contributed by atoms with van der Waals surface area (Å²) in [6, 6.07) is 12.0. The summed E-state index contributed by atoms with van der Waals surface area (Å²) in [5.41, 5.74) is 4.03. The maximum Gasteiger partial charge on any atom is 0.335 e. The van der Waals surface area contributed by atoms with E-state index in [1.165, 1.54) is 41.8 Å². The second-order valence-corrected chi connectivity index (χ2v) is 5.49. The molecule has 0 saturated heterocycles. The molecular weight excluding hydrogens is 278 g/mol. The molecule has 1 amide bonds. The normalized spacial score (nSPS) is 13.3. The zero-order chi connectivity index (χ0) is 15.5. The van der Waals surface area contributed by atoms with Crippen molar-refractivity contribution in [2.75, 3.05) is 5.32 Å². The minimum Gasteiger partial charge on any atom is -0.478 e. The molecule has 112 valence electrons. The largest absolute Gasteiger partial charge is 0.478 e. The van der Waals surface area contributed by atoms with E-state index in [0.29, 0.717) is 5.56 Å². The summed E-state index contributed by atoms with van der Waals surface area (Å²) in [5, 5.41) is 11.8. The van der Waals surface area contributed by atoms with Gasteiger partial charge in [-0.15, -0.1) is 0 Å². The molecule has 0 aromatic heterocycles. The number of hydrogen-bond donors (Lipinski definition) is 2. The molecule has 4 heteroatoms. The number of anilines is 1. The predicted molar refractivity (Wildman–Crippen MR) is 84.4 cm³/mol. The van der Waals surface area contributed by atoms with E-state index in [2.05, 4.69) is 11.4 Å². The number of aryl methyl sites for hydroxylation is 1. The molecule has 2 aromatic rings. The molecule has 1 aliphatic rings. The second-order valence-electron chi connectivity index (χ2n) is 5.49. The van der Waals surface area contributed by atoms with E-state index >= 15 is 0 Å². The van der Waals surface area contributed by atoms with Gasteiger partial charge in [0.2, 0.25) is 0 Å². The molecule has 0 aliphatic heterocycles. The fraction of sp³-hybridized carbons (Fsp3) is 0.222. The molecule has 0 fully saturated rings. The number of carboxylic acid groups (broad SMARTS) is 1. The number of amides is 1. The van der Waals surface area contributed by atoms with Gasteiger partial charge < -0.3 is 10.4 Å². The quantitative estimate of drug-likeness (QED) is 0.910. The Hall–Kier alpha value is -2.62. The molecule has 0 saturated carbocycles. The van der Waals surface area contributed by atoms with Gasteiger partial charge in [-0.1, -0.05) is 12.1 Å². The van der Waals surface area contributed by atoms with Gasteiger partial charge >= 0.3 is 5.97 Å².